The van der Waals surface area contributed by atoms with E-state index in [1.54, 1.807) is 13.1 Å². The second-order valence-corrected chi connectivity index (χ2v) is 3.83. The number of aromatic hydroxyl groups is 1. The molecule has 8 heteroatoms. The van der Waals surface area contributed by atoms with Gasteiger partial charge in [0.05, 0.1) is 23.0 Å². The minimum Gasteiger partial charge on any atom is -0.502 e. The summed E-state index contributed by atoms with van der Waals surface area (Å²) in [5.41, 5.74) is 6.40. The molecular formula is C11H11N5O3. The molecule has 19 heavy (non-hydrogen) atoms. The van der Waals surface area contributed by atoms with E-state index in [-0.39, 0.29) is 17.4 Å². The predicted octanol–water partition coefficient (Wildman–Crippen LogP) is 1.27. The zero-order chi connectivity index (χ0) is 14.0. The first kappa shape index (κ1) is 12.6. The average molecular weight is 261 g/mol. The molecule has 0 aliphatic carbocycles. The quantitative estimate of drug-likeness (QED) is 0.489. The van der Waals surface area contributed by atoms with Crippen LogP contribution in [0.25, 0.3) is 0 Å². The number of hydrogen-bond donors (Lipinski definition) is 2. The van der Waals surface area contributed by atoms with Gasteiger partial charge in [-0.2, -0.15) is 5.10 Å². The van der Waals surface area contributed by atoms with Gasteiger partial charge in [-0.3, -0.25) is 10.1 Å². The first-order valence-corrected chi connectivity index (χ1v) is 5.30. The number of rotatable bonds is 3. The van der Waals surface area contributed by atoms with Crippen LogP contribution in [0.1, 0.15) is 11.3 Å². The van der Waals surface area contributed by atoms with Gasteiger partial charge in [-0.25, -0.2) is 9.66 Å². The number of phenolic OH excluding ortho intramolecular Hbond substituents is 1. The molecule has 2 aromatic rings. The van der Waals surface area contributed by atoms with Crippen LogP contribution in [0.15, 0.2) is 29.5 Å². The molecule has 3 N–H and O–H groups in total. The molecule has 1 aromatic heterocycles. The number of nitrogen functional groups attached to an aromatic ring is 1. The van der Waals surface area contributed by atoms with Crippen molar-refractivity contribution < 1.29 is 10.0 Å². The zero-order valence-electron chi connectivity index (χ0n) is 10.0. The van der Waals surface area contributed by atoms with E-state index in [0.717, 1.165) is 0 Å². The van der Waals surface area contributed by atoms with Crippen LogP contribution >= 0.6 is 0 Å². The molecule has 0 fully saturated rings. The number of nitro benzene ring substituents is 1. The lowest BCUT2D eigenvalue weighted by Gasteiger charge is -1.98. The van der Waals surface area contributed by atoms with Crippen molar-refractivity contribution in [2.45, 2.75) is 6.92 Å². The van der Waals surface area contributed by atoms with Gasteiger partial charge in [-0.05, 0) is 19.1 Å². The van der Waals surface area contributed by atoms with Crippen molar-refractivity contribution >= 4 is 17.9 Å². The summed E-state index contributed by atoms with van der Waals surface area (Å²) in [6.07, 6.45) is 3.02. The number of nitrogens with zero attached hydrogens (tertiary/aromatic N) is 4. The van der Waals surface area contributed by atoms with E-state index in [9.17, 15) is 15.2 Å². The van der Waals surface area contributed by atoms with Crippen LogP contribution in [-0.4, -0.2) is 25.9 Å². The molecular weight excluding hydrogens is 250 g/mol. The molecule has 8 nitrogen and oxygen atoms in total. The van der Waals surface area contributed by atoms with Crippen LogP contribution < -0.4 is 5.73 Å². The normalized spacial score (nSPS) is 11.0. The largest absolute Gasteiger partial charge is 0.502 e. The molecule has 0 aliphatic rings. The van der Waals surface area contributed by atoms with E-state index in [1.165, 1.54) is 29.1 Å². The molecule has 0 aliphatic heterocycles. The van der Waals surface area contributed by atoms with E-state index in [2.05, 4.69) is 10.1 Å². The standard InChI is InChI=1S/C11H11N5O3/c1-7-6-15(11(12)14-7)13-5-8-2-3-10(17)9(4-8)16(18)19/h2-6,17H,1H3,(H2,12,14). The molecule has 0 saturated heterocycles. The van der Waals surface area contributed by atoms with Gasteiger partial charge in [0.1, 0.15) is 0 Å². The molecule has 0 radical (unpaired) electrons. The monoisotopic (exact) mass is 261 g/mol. The highest BCUT2D eigenvalue weighted by atomic mass is 16.6. The molecule has 0 atom stereocenters. The molecule has 0 amide bonds. The van der Waals surface area contributed by atoms with Crippen molar-refractivity contribution in [3.63, 3.8) is 0 Å². The smallest absolute Gasteiger partial charge is 0.311 e. The molecule has 0 spiro atoms. The van der Waals surface area contributed by atoms with Crippen molar-refractivity contribution in [3.05, 3.63) is 45.8 Å². The van der Waals surface area contributed by atoms with Crippen LogP contribution in [0.3, 0.4) is 0 Å². The Hall–Kier alpha value is -2.90. The number of aryl methyl sites for hydroxylation is 1. The Kier molecular flexibility index (Phi) is 3.15. The first-order chi connectivity index (χ1) is 8.97. The van der Waals surface area contributed by atoms with Crippen molar-refractivity contribution in [1.29, 1.82) is 0 Å². The summed E-state index contributed by atoms with van der Waals surface area (Å²) in [6.45, 7) is 1.77. The molecule has 0 bridgehead atoms. The number of aromatic nitrogens is 2. The third-order valence-corrected chi connectivity index (χ3v) is 2.36. The maximum Gasteiger partial charge on any atom is 0.311 e. The number of anilines is 1. The Balaban J connectivity index is 2.31. The molecule has 1 aromatic carbocycles. The van der Waals surface area contributed by atoms with Gasteiger partial charge in [-0.1, -0.05) is 0 Å². The minimum absolute atomic E-state index is 0.224. The fraction of sp³-hybridized carbons (Fsp3) is 0.0909. The highest BCUT2D eigenvalue weighted by Gasteiger charge is 2.12. The highest BCUT2D eigenvalue weighted by molar-refractivity contribution is 5.81. The third-order valence-electron chi connectivity index (χ3n) is 2.36. The van der Waals surface area contributed by atoms with E-state index >= 15 is 0 Å². The summed E-state index contributed by atoms with van der Waals surface area (Å²) in [4.78, 5) is 14.0. The average Bonchev–Trinajstić information content (AvgIpc) is 2.66. The second kappa shape index (κ2) is 4.77. The van der Waals surface area contributed by atoms with Gasteiger partial charge in [0, 0.05) is 11.6 Å². The maximum atomic E-state index is 10.7. The Morgan fingerprint density at radius 3 is 2.89 bits per heavy atom. The Morgan fingerprint density at radius 1 is 1.58 bits per heavy atom. The molecule has 0 unspecified atom stereocenters. The van der Waals surface area contributed by atoms with E-state index in [4.69, 9.17) is 5.73 Å². The number of benzene rings is 1. The SMILES string of the molecule is Cc1cn(N=Cc2ccc(O)c([N+](=O)[O-])c2)c(N)n1. The summed E-state index contributed by atoms with van der Waals surface area (Å²) >= 11 is 0. The topological polar surface area (TPSA) is 120 Å². The van der Waals surface area contributed by atoms with Crippen molar-refractivity contribution in [1.82, 2.24) is 9.66 Å². The van der Waals surface area contributed by atoms with Gasteiger partial charge >= 0.3 is 5.69 Å². The lowest BCUT2D eigenvalue weighted by molar-refractivity contribution is -0.385. The van der Waals surface area contributed by atoms with Gasteiger partial charge in [0.25, 0.3) is 0 Å². The summed E-state index contributed by atoms with van der Waals surface area (Å²) in [5, 5.41) is 24.0. The summed E-state index contributed by atoms with van der Waals surface area (Å²) in [7, 11) is 0. The van der Waals surface area contributed by atoms with E-state index in [0.29, 0.717) is 11.3 Å². The van der Waals surface area contributed by atoms with Crippen LogP contribution in [0.4, 0.5) is 11.6 Å². The number of nitrogens with two attached hydrogens (primary N) is 1. The van der Waals surface area contributed by atoms with Gasteiger partial charge < -0.3 is 10.8 Å². The van der Waals surface area contributed by atoms with Crippen molar-refractivity contribution in [3.8, 4) is 5.75 Å². The molecule has 1 heterocycles. The third kappa shape index (κ3) is 2.68. The Labute approximate surface area is 108 Å². The predicted molar refractivity (Wildman–Crippen MR) is 69.1 cm³/mol. The zero-order valence-corrected chi connectivity index (χ0v) is 10.0. The lowest BCUT2D eigenvalue weighted by atomic mass is 10.2. The number of nitro groups is 1. The fourth-order valence-corrected chi connectivity index (χ4v) is 1.49. The van der Waals surface area contributed by atoms with Crippen LogP contribution in [0.2, 0.25) is 0 Å². The molecule has 0 saturated carbocycles. The highest BCUT2D eigenvalue weighted by Crippen LogP contribution is 2.25. The molecule has 2 rings (SSSR count). The summed E-state index contributed by atoms with van der Waals surface area (Å²) in [6, 6.07) is 3.96. The van der Waals surface area contributed by atoms with Crippen LogP contribution in [-0.2, 0) is 0 Å². The number of imidazole rings is 1. The van der Waals surface area contributed by atoms with E-state index in [1.807, 2.05) is 0 Å². The van der Waals surface area contributed by atoms with Crippen molar-refractivity contribution in [2.75, 3.05) is 5.73 Å². The number of phenols is 1. The summed E-state index contributed by atoms with van der Waals surface area (Å²) < 4.78 is 1.36. The number of hydrogen-bond acceptors (Lipinski definition) is 6. The first-order valence-electron chi connectivity index (χ1n) is 5.30. The van der Waals surface area contributed by atoms with Gasteiger partial charge in [0.15, 0.2) is 5.75 Å². The lowest BCUT2D eigenvalue weighted by Crippen LogP contribution is -1.97. The van der Waals surface area contributed by atoms with Gasteiger partial charge in [-0.15, -0.1) is 0 Å². The summed E-state index contributed by atoms with van der Waals surface area (Å²) in [5.74, 6) is -0.165. The van der Waals surface area contributed by atoms with E-state index < -0.39 is 4.92 Å². The van der Waals surface area contributed by atoms with Crippen LogP contribution in [0.5, 0.6) is 5.75 Å². The Bertz CT molecular complexity index is 662. The molecule has 98 valence electrons. The second-order valence-electron chi connectivity index (χ2n) is 3.83. The maximum absolute atomic E-state index is 10.7. The van der Waals surface area contributed by atoms with Crippen molar-refractivity contribution in [2.24, 2.45) is 5.10 Å². The Morgan fingerprint density at radius 2 is 2.32 bits per heavy atom. The fourth-order valence-electron chi connectivity index (χ4n) is 1.49. The van der Waals surface area contributed by atoms with Crippen LogP contribution in [0, 0.1) is 17.0 Å². The van der Waals surface area contributed by atoms with Gasteiger partial charge in [0.2, 0.25) is 5.95 Å². The minimum atomic E-state index is -0.664.